The van der Waals surface area contributed by atoms with Gasteiger partial charge in [0, 0.05) is 60.8 Å². The largest absolute Gasteiger partial charge is 0.480 e. The van der Waals surface area contributed by atoms with Crippen LogP contribution in [0, 0.1) is 0 Å². The second-order valence-electron chi connectivity index (χ2n) is 8.77. The van der Waals surface area contributed by atoms with Gasteiger partial charge in [0.25, 0.3) is 0 Å². The average Bonchev–Trinajstić information content (AvgIpc) is 3.32. The highest BCUT2D eigenvalue weighted by Gasteiger charge is 2.15. The highest BCUT2D eigenvalue weighted by Crippen LogP contribution is 2.34. The Kier molecular flexibility index (Phi) is 5.11. The van der Waals surface area contributed by atoms with Crippen LogP contribution in [0.15, 0.2) is 67.3 Å². The number of likely N-dealkylation sites (N-methyl/N-ethyl adjacent to an activating group) is 1. The number of fused-ring (bicyclic) bond motifs is 2. The zero-order valence-corrected chi connectivity index (χ0v) is 19.3. The summed E-state index contributed by atoms with van der Waals surface area (Å²) in [5.74, 6) is 0.575. The van der Waals surface area contributed by atoms with Crippen molar-refractivity contribution in [3.05, 3.63) is 67.3 Å². The van der Waals surface area contributed by atoms with E-state index in [0.29, 0.717) is 5.88 Å². The summed E-state index contributed by atoms with van der Waals surface area (Å²) in [7, 11) is 3.81. The van der Waals surface area contributed by atoms with Crippen molar-refractivity contribution in [1.82, 2.24) is 24.8 Å². The van der Waals surface area contributed by atoms with Gasteiger partial charge in [-0.1, -0.05) is 18.2 Å². The normalized spacial score (nSPS) is 14.7. The number of H-pyrrole nitrogens is 1. The van der Waals surface area contributed by atoms with Gasteiger partial charge in [0.1, 0.15) is 12.0 Å². The maximum absolute atomic E-state index is 5.45. The van der Waals surface area contributed by atoms with E-state index in [1.807, 2.05) is 18.5 Å². The molecule has 7 nitrogen and oxygen atoms in total. The molecule has 2 aromatic carbocycles. The molecule has 0 bridgehead atoms. The zero-order valence-electron chi connectivity index (χ0n) is 19.3. The molecule has 1 N–H and O–H groups in total. The van der Waals surface area contributed by atoms with Crippen LogP contribution in [-0.2, 0) is 0 Å². The van der Waals surface area contributed by atoms with Gasteiger partial charge >= 0.3 is 0 Å². The number of piperazine rings is 1. The van der Waals surface area contributed by atoms with Crippen LogP contribution < -0.4 is 9.64 Å². The number of rotatable bonds is 4. The molecule has 1 fully saturated rings. The minimum atomic E-state index is 0.575. The molecule has 3 aromatic heterocycles. The van der Waals surface area contributed by atoms with Crippen molar-refractivity contribution < 1.29 is 4.74 Å². The SMILES string of the molecule is COc1ncnc2ccc(-c3c[nH]c4ncc(-c5ccc(N6CCN(C)CC6)cc5)cc34)cc12. The lowest BCUT2D eigenvalue weighted by Crippen LogP contribution is -2.44. The molecule has 6 rings (SSSR count). The van der Waals surface area contributed by atoms with Crippen LogP contribution in [0.2, 0.25) is 0 Å². The fourth-order valence-electron chi connectivity index (χ4n) is 4.69. The van der Waals surface area contributed by atoms with E-state index in [1.54, 1.807) is 7.11 Å². The first-order valence-electron chi connectivity index (χ1n) is 11.5. The molecule has 7 heteroatoms. The molecule has 170 valence electrons. The number of nitrogens with zero attached hydrogens (tertiary/aromatic N) is 5. The Labute approximate surface area is 198 Å². The second-order valence-corrected chi connectivity index (χ2v) is 8.77. The molecule has 0 saturated carbocycles. The molecule has 0 aliphatic carbocycles. The lowest BCUT2D eigenvalue weighted by atomic mass is 10.0. The maximum atomic E-state index is 5.45. The van der Waals surface area contributed by atoms with Gasteiger partial charge in [0.05, 0.1) is 18.0 Å². The molecule has 0 amide bonds. The lowest BCUT2D eigenvalue weighted by molar-refractivity contribution is 0.313. The van der Waals surface area contributed by atoms with E-state index in [4.69, 9.17) is 9.72 Å². The molecule has 0 spiro atoms. The predicted molar refractivity (Wildman–Crippen MR) is 136 cm³/mol. The summed E-state index contributed by atoms with van der Waals surface area (Å²) < 4.78 is 5.45. The number of aromatic amines is 1. The number of nitrogens with one attached hydrogen (secondary N) is 1. The number of hydrogen-bond donors (Lipinski definition) is 1. The number of pyridine rings is 1. The quantitative estimate of drug-likeness (QED) is 0.432. The van der Waals surface area contributed by atoms with E-state index >= 15 is 0 Å². The Morgan fingerprint density at radius 2 is 1.59 bits per heavy atom. The van der Waals surface area contributed by atoms with Crippen molar-refractivity contribution in [2.24, 2.45) is 0 Å². The number of benzene rings is 2. The molecule has 5 aromatic rings. The number of anilines is 1. The summed E-state index contributed by atoms with van der Waals surface area (Å²) >= 11 is 0. The highest BCUT2D eigenvalue weighted by atomic mass is 16.5. The molecule has 34 heavy (non-hydrogen) atoms. The first-order chi connectivity index (χ1) is 16.7. The Morgan fingerprint density at radius 1 is 0.824 bits per heavy atom. The summed E-state index contributed by atoms with van der Waals surface area (Å²) in [5, 5.41) is 1.97. The number of methoxy groups -OCH3 is 1. The van der Waals surface area contributed by atoms with Crippen LogP contribution in [0.3, 0.4) is 0 Å². The van der Waals surface area contributed by atoms with Gasteiger partial charge in [-0.05, 0) is 48.5 Å². The minimum Gasteiger partial charge on any atom is -0.480 e. The fourth-order valence-corrected chi connectivity index (χ4v) is 4.69. The highest BCUT2D eigenvalue weighted by molar-refractivity contribution is 5.98. The van der Waals surface area contributed by atoms with Gasteiger partial charge in [-0.3, -0.25) is 0 Å². The van der Waals surface area contributed by atoms with E-state index in [0.717, 1.165) is 70.4 Å². The smallest absolute Gasteiger partial charge is 0.224 e. The van der Waals surface area contributed by atoms with Crippen LogP contribution in [-0.4, -0.2) is 65.2 Å². The predicted octanol–water partition coefficient (Wildman–Crippen LogP) is 4.60. The van der Waals surface area contributed by atoms with Crippen molar-refractivity contribution >= 4 is 27.6 Å². The van der Waals surface area contributed by atoms with Crippen molar-refractivity contribution in [2.45, 2.75) is 0 Å². The van der Waals surface area contributed by atoms with Crippen molar-refractivity contribution in [1.29, 1.82) is 0 Å². The number of hydrogen-bond acceptors (Lipinski definition) is 6. The Balaban J connectivity index is 1.35. The van der Waals surface area contributed by atoms with Crippen molar-refractivity contribution in [2.75, 3.05) is 45.2 Å². The molecule has 0 unspecified atom stereocenters. The van der Waals surface area contributed by atoms with Crippen LogP contribution in [0.4, 0.5) is 5.69 Å². The number of ether oxygens (including phenoxy) is 1. The molecule has 1 aliphatic heterocycles. The third-order valence-electron chi connectivity index (χ3n) is 6.70. The Bertz CT molecular complexity index is 1470. The second kappa shape index (κ2) is 8.43. The zero-order chi connectivity index (χ0) is 23.1. The van der Waals surface area contributed by atoms with Crippen molar-refractivity contribution in [3.8, 4) is 28.1 Å². The average molecular weight is 451 g/mol. The standard InChI is InChI=1S/C27H26N6O/c1-32-9-11-33(12-10-32)21-6-3-18(4-7-21)20-14-22-24(16-29-26(22)28-15-20)19-5-8-25-23(13-19)27(34-2)31-17-30-25/h3-8,13-17H,9-12H2,1-2H3,(H,28,29). The summed E-state index contributed by atoms with van der Waals surface area (Å²) in [6.45, 7) is 4.34. The maximum Gasteiger partial charge on any atom is 0.224 e. The van der Waals surface area contributed by atoms with Gasteiger partial charge in [0.15, 0.2) is 0 Å². The monoisotopic (exact) mass is 450 g/mol. The van der Waals surface area contributed by atoms with Crippen LogP contribution in [0.5, 0.6) is 5.88 Å². The van der Waals surface area contributed by atoms with Gasteiger partial charge < -0.3 is 19.5 Å². The number of aromatic nitrogens is 4. The molecule has 4 heterocycles. The first kappa shape index (κ1) is 20.6. The van der Waals surface area contributed by atoms with Crippen LogP contribution in [0.25, 0.3) is 44.2 Å². The van der Waals surface area contributed by atoms with Gasteiger partial charge in [0.2, 0.25) is 5.88 Å². The van der Waals surface area contributed by atoms with Gasteiger partial charge in [-0.25, -0.2) is 15.0 Å². The third-order valence-corrected chi connectivity index (χ3v) is 6.70. The lowest BCUT2D eigenvalue weighted by Gasteiger charge is -2.34. The molecule has 1 saturated heterocycles. The summed E-state index contributed by atoms with van der Waals surface area (Å²) in [5.41, 5.74) is 7.41. The van der Waals surface area contributed by atoms with E-state index in [9.17, 15) is 0 Å². The topological polar surface area (TPSA) is 70.2 Å². The van der Waals surface area contributed by atoms with Crippen LogP contribution >= 0.6 is 0 Å². The molecular weight excluding hydrogens is 424 g/mol. The fraction of sp³-hybridized carbons (Fsp3) is 0.222. The first-order valence-corrected chi connectivity index (χ1v) is 11.5. The van der Waals surface area contributed by atoms with E-state index in [2.05, 4.69) is 74.3 Å². The Hall–Kier alpha value is -3.97. The van der Waals surface area contributed by atoms with E-state index in [-0.39, 0.29) is 0 Å². The molecule has 0 radical (unpaired) electrons. The van der Waals surface area contributed by atoms with E-state index in [1.165, 1.54) is 12.0 Å². The summed E-state index contributed by atoms with van der Waals surface area (Å²) in [6.07, 6.45) is 5.47. The summed E-state index contributed by atoms with van der Waals surface area (Å²) in [6, 6.07) is 17.2. The van der Waals surface area contributed by atoms with Crippen LogP contribution in [0.1, 0.15) is 0 Å². The molecular formula is C27H26N6O. The van der Waals surface area contributed by atoms with Gasteiger partial charge in [-0.15, -0.1) is 0 Å². The van der Waals surface area contributed by atoms with E-state index < -0.39 is 0 Å². The molecule has 1 aliphatic rings. The third kappa shape index (κ3) is 3.64. The molecule has 0 atom stereocenters. The minimum absolute atomic E-state index is 0.575. The van der Waals surface area contributed by atoms with Crippen molar-refractivity contribution in [3.63, 3.8) is 0 Å². The Morgan fingerprint density at radius 3 is 2.38 bits per heavy atom. The summed E-state index contributed by atoms with van der Waals surface area (Å²) in [4.78, 5) is 21.4. The van der Waals surface area contributed by atoms with Gasteiger partial charge in [-0.2, -0.15) is 0 Å².